The standard InChI is InChI=1S/C29H32N2O2/c1-22(25-12-6-3-7-13-25)30-28(32)20-23-16-18-27(19-17-23)31(21-24-10-4-2-5-11-24)29(33)26-14-8-9-15-26/h2-7,10-13,16-19,22,26H,8-9,14-15,20-21H2,1H3,(H,30,32). The number of hydrogen-bond donors (Lipinski definition) is 1. The SMILES string of the molecule is CC(NC(=O)Cc1ccc(N(Cc2ccccc2)C(=O)C2CCCC2)cc1)c1ccccc1. The van der Waals surface area contributed by atoms with Gasteiger partial charge in [-0.1, -0.05) is 85.6 Å². The van der Waals surface area contributed by atoms with Crippen LogP contribution in [0, 0.1) is 5.92 Å². The molecule has 4 rings (SSSR count). The second kappa shape index (κ2) is 11.0. The highest BCUT2D eigenvalue weighted by Gasteiger charge is 2.28. The van der Waals surface area contributed by atoms with Gasteiger partial charge in [-0.2, -0.15) is 0 Å². The summed E-state index contributed by atoms with van der Waals surface area (Å²) in [6.45, 7) is 2.55. The third kappa shape index (κ3) is 6.10. The van der Waals surface area contributed by atoms with Crippen molar-refractivity contribution in [2.75, 3.05) is 4.90 Å². The van der Waals surface area contributed by atoms with E-state index in [9.17, 15) is 9.59 Å². The van der Waals surface area contributed by atoms with Crippen LogP contribution in [-0.4, -0.2) is 11.8 Å². The van der Waals surface area contributed by atoms with Gasteiger partial charge in [0.05, 0.1) is 19.0 Å². The highest BCUT2D eigenvalue weighted by Crippen LogP contribution is 2.30. The monoisotopic (exact) mass is 440 g/mol. The number of nitrogens with zero attached hydrogens (tertiary/aromatic N) is 1. The number of rotatable bonds is 8. The van der Waals surface area contributed by atoms with Crippen molar-refractivity contribution in [3.8, 4) is 0 Å². The average molecular weight is 441 g/mol. The van der Waals surface area contributed by atoms with Gasteiger partial charge in [0.1, 0.15) is 0 Å². The van der Waals surface area contributed by atoms with Crippen LogP contribution in [0.25, 0.3) is 0 Å². The fourth-order valence-electron chi connectivity index (χ4n) is 4.55. The third-order valence-corrected chi connectivity index (χ3v) is 6.44. The summed E-state index contributed by atoms with van der Waals surface area (Å²) in [5, 5.41) is 3.07. The highest BCUT2D eigenvalue weighted by molar-refractivity contribution is 5.95. The molecule has 3 aromatic rings. The van der Waals surface area contributed by atoms with E-state index in [0.29, 0.717) is 13.0 Å². The van der Waals surface area contributed by atoms with Gasteiger partial charge in [-0.25, -0.2) is 0 Å². The molecule has 0 saturated heterocycles. The molecule has 1 aliphatic rings. The Balaban J connectivity index is 1.44. The Bertz CT molecular complexity index is 1040. The Morgan fingerprint density at radius 3 is 2.09 bits per heavy atom. The van der Waals surface area contributed by atoms with Crippen LogP contribution in [-0.2, 0) is 22.6 Å². The molecule has 1 aliphatic carbocycles. The van der Waals surface area contributed by atoms with Crippen LogP contribution in [0.3, 0.4) is 0 Å². The van der Waals surface area contributed by atoms with Crippen molar-refractivity contribution in [2.24, 2.45) is 5.92 Å². The van der Waals surface area contributed by atoms with Gasteiger partial charge in [0.15, 0.2) is 0 Å². The van der Waals surface area contributed by atoms with Crippen molar-refractivity contribution in [2.45, 2.75) is 51.6 Å². The summed E-state index contributed by atoms with van der Waals surface area (Å²) in [4.78, 5) is 27.8. The Morgan fingerprint density at radius 2 is 1.45 bits per heavy atom. The topological polar surface area (TPSA) is 49.4 Å². The number of anilines is 1. The highest BCUT2D eigenvalue weighted by atomic mass is 16.2. The zero-order chi connectivity index (χ0) is 23.0. The molecular weight excluding hydrogens is 408 g/mol. The van der Waals surface area contributed by atoms with Crippen LogP contribution in [0.1, 0.15) is 55.3 Å². The molecule has 2 amide bonds. The maximum absolute atomic E-state index is 13.3. The molecule has 170 valence electrons. The van der Waals surface area contributed by atoms with E-state index in [4.69, 9.17) is 0 Å². The Morgan fingerprint density at radius 1 is 0.848 bits per heavy atom. The number of carbonyl (C=O) groups excluding carboxylic acids is 2. The molecule has 4 heteroatoms. The minimum atomic E-state index is -0.0385. The maximum Gasteiger partial charge on any atom is 0.230 e. The molecule has 1 fully saturated rings. The Labute approximate surface area is 196 Å². The van der Waals surface area contributed by atoms with Crippen molar-refractivity contribution in [3.63, 3.8) is 0 Å². The molecule has 1 saturated carbocycles. The van der Waals surface area contributed by atoms with Crippen LogP contribution in [0.15, 0.2) is 84.9 Å². The van der Waals surface area contributed by atoms with Crippen LogP contribution in [0.5, 0.6) is 0 Å². The first kappa shape index (κ1) is 22.8. The van der Waals surface area contributed by atoms with Crippen molar-refractivity contribution in [3.05, 3.63) is 102 Å². The zero-order valence-corrected chi connectivity index (χ0v) is 19.2. The van der Waals surface area contributed by atoms with E-state index in [1.54, 1.807) is 0 Å². The van der Waals surface area contributed by atoms with Gasteiger partial charge in [-0.15, -0.1) is 0 Å². The molecule has 0 heterocycles. The first-order valence-electron chi connectivity index (χ1n) is 11.9. The number of benzene rings is 3. The van der Waals surface area contributed by atoms with Crippen molar-refractivity contribution < 1.29 is 9.59 Å². The zero-order valence-electron chi connectivity index (χ0n) is 19.2. The lowest BCUT2D eigenvalue weighted by atomic mass is 10.0. The largest absolute Gasteiger partial charge is 0.349 e. The van der Waals surface area contributed by atoms with Crippen LogP contribution >= 0.6 is 0 Å². The molecule has 0 spiro atoms. The number of carbonyl (C=O) groups is 2. The molecule has 1 atom stereocenters. The molecule has 4 nitrogen and oxygen atoms in total. The number of nitrogens with one attached hydrogen (secondary N) is 1. The summed E-state index contributed by atoms with van der Waals surface area (Å²) in [6.07, 6.45) is 4.52. The molecule has 0 aliphatic heterocycles. The number of hydrogen-bond acceptors (Lipinski definition) is 2. The van der Waals surface area contributed by atoms with Gasteiger partial charge in [-0.05, 0) is 48.6 Å². The lowest BCUT2D eigenvalue weighted by molar-refractivity contribution is -0.122. The molecule has 3 aromatic carbocycles. The number of amides is 2. The molecule has 0 aromatic heterocycles. The predicted octanol–water partition coefficient (Wildman–Crippen LogP) is 5.83. The Kier molecular flexibility index (Phi) is 7.56. The van der Waals surface area contributed by atoms with Crippen molar-refractivity contribution in [1.82, 2.24) is 5.32 Å². The minimum Gasteiger partial charge on any atom is -0.349 e. The second-order valence-electron chi connectivity index (χ2n) is 8.93. The second-order valence-corrected chi connectivity index (χ2v) is 8.93. The van der Waals surface area contributed by atoms with E-state index in [2.05, 4.69) is 17.4 Å². The summed E-state index contributed by atoms with van der Waals surface area (Å²) in [6, 6.07) is 27.9. The third-order valence-electron chi connectivity index (χ3n) is 6.44. The van der Waals surface area contributed by atoms with E-state index < -0.39 is 0 Å². The normalized spacial score (nSPS) is 14.6. The molecule has 0 radical (unpaired) electrons. The van der Waals surface area contributed by atoms with Gasteiger partial charge >= 0.3 is 0 Å². The van der Waals surface area contributed by atoms with Gasteiger partial charge in [0, 0.05) is 11.6 Å². The van der Waals surface area contributed by atoms with Crippen molar-refractivity contribution in [1.29, 1.82) is 0 Å². The van der Waals surface area contributed by atoms with Crippen LogP contribution in [0.2, 0.25) is 0 Å². The molecule has 0 bridgehead atoms. The lowest BCUT2D eigenvalue weighted by Gasteiger charge is -2.26. The summed E-state index contributed by atoms with van der Waals surface area (Å²) in [5.41, 5.74) is 4.02. The first-order chi connectivity index (χ1) is 16.1. The fourth-order valence-corrected chi connectivity index (χ4v) is 4.55. The van der Waals surface area contributed by atoms with E-state index in [1.807, 2.05) is 84.6 Å². The van der Waals surface area contributed by atoms with Crippen LogP contribution < -0.4 is 10.2 Å². The van der Waals surface area contributed by atoms with E-state index >= 15 is 0 Å². The average Bonchev–Trinajstić information content (AvgIpc) is 3.39. The van der Waals surface area contributed by atoms with Gasteiger partial charge < -0.3 is 10.2 Å². The Hall–Kier alpha value is -3.40. The lowest BCUT2D eigenvalue weighted by Crippen LogP contribution is -2.35. The molecule has 1 N–H and O–H groups in total. The summed E-state index contributed by atoms with van der Waals surface area (Å²) >= 11 is 0. The van der Waals surface area contributed by atoms with Gasteiger partial charge in [-0.3, -0.25) is 9.59 Å². The van der Waals surface area contributed by atoms with E-state index in [1.165, 1.54) is 0 Å². The van der Waals surface area contributed by atoms with Crippen molar-refractivity contribution >= 4 is 17.5 Å². The smallest absolute Gasteiger partial charge is 0.230 e. The predicted molar refractivity (Wildman–Crippen MR) is 133 cm³/mol. The minimum absolute atomic E-state index is 0.0118. The van der Waals surface area contributed by atoms with Crippen LogP contribution in [0.4, 0.5) is 5.69 Å². The molecule has 1 unspecified atom stereocenters. The fraction of sp³-hybridized carbons (Fsp3) is 0.310. The first-order valence-corrected chi connectivity index (χ1v) is 11.9. The van der Waals surface area contributed by atoms with Gasteiger partial charge in [0.25, 0.3) is 0 Å². The quantitative estimate of drug-likeness (QED) is 0.479. The summed E-state index contributed by atoms with van der Waals surface area (Å²) in [7, 11) is 0. The molecular formula is C29H32N2O2. The maximum atomic E-state index is 13.3. The van der Waals surface area contributed by atoms with E-state index in [0.717, 1.165) is 48.1 Å². The summed E-state index contributed by atoms with van der Waals surface area (Å²) in [5.74, 6) is 0.305. The summed E-state index contributed by atoms with van der Waals surface area (Å²) < 4.78 is 0. The molecule has 33 heavy (non-hydrogen) atoms. The van der Waals surface area contributed by atoms with E-state index in [-0.39, 0.29) is 23.8 Å². The van der Waals surface area contributed by atoms with Gasteiger partial charge in [0.2, 0.25) is 11.8 Å².